The predicted molar refractivity (Wildman–Crippen MR) is 111 cm³/mol. The normalized spacial score (nSPS) is 18.3. The number of hydrogen-bond acceptors (Lipinski definition) is 4. The number of carbonyl (C=O) groups is 1. The lowest BCUT2D eigenvalue weighted by molar-refractivity contribution is -0.136. The zero-order chi connectivity index (χ0) is 22.4. The molecule has 1 aromatic carbocycles. The highest BCUT2D eigenvalue weighted by Gasteiger charge is 2.26. The summed E-state index contributed by atoms with van der Waals surface area (Å²) in [6.07, 6.45) is -0.816. The molecular weight excluding hydrogens is 411 g/mol. The molecule has 1 N–H and O–H groups in total. The van der Waals surface area contributed by atoms with Crippen LogP contribution >= 0.6 is 0 Å². The van der Waals surface area contributed by atoms with Crippen molar-refractivity contribution in [3.63, 3.8) is 0 Å². The first-order chi connectivity index (χ1) is 14.7. The minimum absolute atomic E-state index is 0.0195. The largest absolute Gasteiger partial charge is 0.494 e. The first kappa shape index (κ1) is 22.7. The number of halogens is 3. The van der Waals surface area contributed by atoms with E-state index in [4.69, 9.17) is 9.26 Å². The summed E-state index contributed by atoms with van der Waals surface area (Å²) >= 11 is 0. The van der Waals surface area contributed by atoms with Gasteiger partial charge in [0.05, 0.1) is 12.8 Å². The lowest BCUT2D eigenvalue weighted by Crippen LogP contribution is -2.42. The number of ether oxygens (including phenoxy) is 1. The minimum Gasteiger partial charge on any atom is -0.494 e. The zero-order valence-electron chi connectivity index (χ0n) is 17.5. The molecule has 31 heavy (non-hydrogen) atoms. The quantitative estimate of drug-likeness (QED) is 0.592. The van der Waals surface area contributed by atoms with Gasteiger partial charge in [-0.3, -0.25) is 0 Å². The van der Waals surface area contributed by atoms with E-state index in [0.717, 1.165) is 12.0 Å². The predicted octanol–water partition coefficient (Wildman–Crippen LogP) is 5.66. The molecule has 1 atom stereocenters. The molecule has 9 heteroatoms. The Labute approximate surface area is 179 Å². The highest BCUT2D eigenvalue weighted by atomic mass is 19.4. The highest BCUT2D eigenvalue weighted by Crippen LogP contribution is 2.27. The summed E-state index contributed by atoms with van der Waals surface area (Å²) in [5.74, 6) is 1.27. The SMILES string of the molecule is Cc1oncc1NC(=O)N1CCC(=Cc2cccc(OCCCC(F)(F)F)c2)C(C)C1. The molecule has 0 aliphatic carbocycles. The Morgan fingerprint density at radius 3 is 2.90 bits per heavy atom. The van der Waals surface area contributed by atoms with Crippen LogP contribution in [0, 0.1) is 12.8 Å². The van der Waals surface area contributed by atoms with E-state index >= 15 is 0 Å². The third kappa shape index (κ3) is 6.77. The number of nitrogens with zero attached hydrogens (tertiary/aromatic N) is 2. The van der Waals surface area contributed by atoms with Crippen LogP contribution in [0.15, 0.2) is 40.6 Å². The molecule has 1 unspecified atom stereocenters. The van der Waals surface area contributed by atoms with E-state index in [1.165, 1.54) is 11.8 Å². The molecule has 3 rings (SSSR count). The summed E-state index contributed by atoms with van der Waals surface area (Å²) in [5, 5.41) is 6.47. The molecule has 1 fully saturated rings. The number of rotatable bonds is 6. The number of amides is 2. The second-order valence-electron chi connectivity index (χ2n) is 7.68. The van der Waals surface area contributed by atoms with Crippen LogP contribution in [-0.2, 0) is 0 Å². The molecule has 1 saturated heterocycles. The van der Waals surface area contributed by atoms with Gasteiger partial charge in [0.2, 0.25) is 0 Å². The average Bonchev–Trinajstić information content (AvgIpc) is 3.11. The molecule has 0 saturated carbocycles. The van der Waals surface area contributed by atoms with Gasteiger partial charge in [0.25, 0.3) is 0 Å². The van der Waals surface area contributed by atoms with Gasteiger partial charge >= 0.3 is 12.2 Å². The number of benzene rings is 1. The van der Waals surface area contributed by atoms with Gasteiger partial charge in [-0.15, -0.1) is 0 Å². The van der Waals surface area contributed by atoms with E-state index in [1.807, 2.05) is 18.2 Å². The molecule has 0 radical (unpaired) electrons. The van der Waals surface area contributed by atoms with Gasteiger partial charge in [-0.05, 0) is 43.4 Å². The van der Waals surface area contributed by atoms with E-state index in [2.05, 4.69) is 23.5 Å². The molecule has 0 spiro atoms. The van der Waals surface area contributed by atoms with Crippen LogP contribution in [0.4, 0.5) is 23.7 Å². The monoisotopic (exact) mass is 437 g/mol. The molecule has 2 heterocycles. The van der Waals surface area contributed by atoms with Crippen molar-refractivity contribution in [2.45, 2.75) is 39.3 Å². The maximum Gasteiger partial charge on any atom is 0.389 e. The second kappa shape index (κ2) is 9.89. The number of aryl methyl sites for hydroxylation is 1. The molecule has 6 nitrogen and oxygen atoms in total. The van der Waals surface area contributed by atoms with Crippen LogP contribution in [0.5, 0.6) is 5.75 Å². The van der Waals surface area contributed by atoms with Crippen LogP contribution in [-0.4, -0.2) is 42.0 Å². The highest BCUT2D eigenvalue weighted by molar-refractivity contribution is 5.89. The van der Waals surface area contributed by atoms with E-state index in [1.54, 1.807) is 17.9 Å². The number of urea groups is 1. The minimum atomic E-state index is -4.16. The fraction of sp³-hybridized carbons (Fsp3) is 0.455. The van der Waals surface area contributed by atoms with Gasteiger partial charge in [0, 0.05) is 19.5 Å². The third-order valence-corrected chi connectivity index (χ3v) is 5.16. The molecule has 168 valence electrons. The van der Waals surface area contributed by atoms with Gasteiger partial charge in [0.1, 0.15) is 11.4 Å². The Bertz CT molecular complexity index is 924. The summed E-state index contributed by atoms with van der Waals surface area (Å²) < 4.78 is 47.1. The number of likely N-dealkylation sites (tertiary alicyclic amines) is 1. The van der Waals surface area contributed by atoms with Crippen molar-refractivity contribution < 1.29 is 27.2 Å². The topological polar surface area (TPSA) is 67.6 Å². The lowest BCUT2D eigenvalue weighted by Gasteiger charge is -2.33. The lowest BCUT2D eigenvalue weighted by atomic mass is 9.91. The summed E-state index contributed by atoms with van der Waals surface area (Å²) in [6.45, 7) is 4.98. The fourth-order valence-electron chi connectivity index (χ4n) is 3.43. The Hall–Kier alpha value is -2.97. The number of nitrogens with one attached hydrogen (secondary N) is 1. The molecule has 0 bridgehead atoms. The summed E-state index contributed by atoms with van der Waals surface area (Å²) in [5.41, 5.74) is 2.69. The van der Waals surface area contributed by atoms with Crippen LogP contribution in [0.25, 0.3) is 6.08 Å². The zero-order valence-corrected chi connectivity index (χ0v) is 17.5. The Balaban J connectivity index is 1.54. The van der Waals surface area contributed by atoms with Crippen molar-refractivity contribution in [2.75, 3.05) is 25.0 Å². The summed E-state index contributed by atoms with van der Waals surface area (Å²) in [7, 11) is 0. The first-order valence-electron chi connectivity index (χ1n) is 10.2. The van der Waals surface area contributed by atoms with Gasteiger partial charge in [-0.1, -0.05) is 35.9 Å². The van der Waals surface area contributed by atoms with Crippen molar-refractivity contribution in [3.8, 4) is 5.75 Å². The van der Waals surface area contributed by atoms with Gasteiger partial charge in [0.15, 0.2) is 5.76 Å². The first-order valence-corrected chi connectivity index (χ1v) is 10.2. The Kier molecular flexibility index (Phi) is 7.25. The standard InChI is InChI=1S/C22H26F3N3O3/c1-15-14-28(21(29)27-20-13-26-31-16(20)2)9-7-18(15)11-17-5-3-6-19(12-17)30-10-4-8-22(23,24)25/h3,5-6,11-13,15H,4,7-10,14H2,1-2H3,(H,27,29). The number of aromatic nitrogens is 1. The number of carbonyl (C=O) groups excluding carboxylic acids is 1. The molecule has 1 aliphatic rings. The molecule has 1 aliphatic heterocycles. The van der Waals surface area contributed by atoms with E-state index in [9.17, 15) is 18.0 Å². The fourth-order valence-corrected chi connectivity index (χ4v) is 3.43. The van der Waals surface area contributed by atoms with Crippen molar-refractivity contribution in [3.05, 3.63) is 47.4 Å². The summed E-state index contributed by atoms with van der Waals surface area (Å²) in [6, 6.07) is 7.11. The maximum atomic E-state index is 12.5. The van der Waals surface area contributed by atoms with E-state index in [0.29, 0.717) is 30.3 Å². The Morgan fingerprint density at radius 1 is 1.42 bits per heavy atom. The number of piperidine rings is 1. The second-order valence-corrected chi connectivity index (χ2v) is 7.68. The molecular formula is C22H26F3N3O3. The van der Waals surface area contributed by atoms with E-state index < -0.39 is 12.6 Å². The number of anilines is 1. The van der Waals surface area contributed by atoms with Gasteiger partial charge in [-0.25, -0.2) is 4.79 Å². The molecule has 1 aromatic heterocycles. The van der Waals surface area contributed by atoms with Crippen molar-refractivity contribution >= 4 is 17.8 Å². The average molecular weight is 437 g/mol. The van der Waals surface area contributed by atoms with Crippen LogP contribution in [0.2, 0.25) is 0 Å². The number of alkyl halides is 3. The Morgan fingerprint density at radius 2 is 2.23 bits per heavy atom. The van der Waals surface area contributed by atoms with Crippen LogP contribution < -0.4 is 10.1 Å². The molecule has 2 aromatic rings. The molecule has 2 amide bonds. The van der Waals surface area contributed by atoms with Gasteiger partial charge in [-0.2, -0.15) is 13.2 Å². The third-order valence-electron chi connectivity index (χ3n) is 5.16. The smallest absolute Gasteiger partial charge is 0.389 e. The van der Waals surface area contributed by atoms with Gasteiger partial charge < -0.3 is 19.5 Å². The maximum absolute atomic E-state index is 12.5. The van der Waals surface area contributed by atoms with Crippen molar-refractivity contribution in [2.24, 2.45) is 5.92 Å². The van der Waals surface area contributed by atoms with Crippen molar-refractivity contribution in [1.82, 2.24) is 10.1 Å². The van der Waals surface area contributed by atoms with E-state index in [-0.39, 0.29) is 25.0 Å². The van der Waals surface area contributed by atoms with Crippen LogP contribution in [0.3, 0.4) is 0 Å². The summed E-state index contributed by atoms with van der Waals surface area (Å²) in [4.78, 5) is 14.3. The number of hydrogen-bond donors (Lipinski definition) is 1. The van der Waals surface area contributed by atoms with Crippen molar-refractivity contribution in [1.29, 1.82) is 0 Å². The van der Waals surface area contributed by atoms with Crippen LogP contribution in [0.1, 0.15) is 37.5 Å².